The second-order valence-electron chi connectivity index (χ2n) is 5.28. The van der Waals surface area contributed by atoms with Crippen LogP contribution in [0.25, 0.3) is 0 Å². The SMILES string of the molecule is CC(C)c1cccc(C(C)C)c1OCOCOP(=O)(O)O. The zero-order valence-corrected chi connectivity index (χ0v) is 13.7. The second-order valence-corrected chi connectivity index (χ2v) is 6.52. The van der Waals surface area contributed by atoms with Gasteiger partial charge in [-0.3, -0.25) is 4.52 Å². The summed E-state index contributed by atoms with van der Waals surface area (Å²) in [5.41, 5.74) is 2.14. The molecule has 0 unspecified atom stereocenters. The van der Waals surface area contributed by atoms with Crippen LogP contribution in [0.5, 0.6) is 5.75 Å². The van der Waals surface area contributed by atoms with E-state index in [4.69, 9.17) is 19.3 Å². The molecule has 0 aliphatic heterocycles. The fourth-order valence-electron chi connectivity index (χ4n) is 1.89. The summed E-state index contributed by atoms with van der Waals surface area (Å²) >= 11 is 0. The van der Waals surface area contributed by atoms with E-state index in [1.165, 1.54) is 0 Å². The Morgan fingerprint density at radius 1 is 1.05 bits per heavy atom. The molecule has 0 radical (unpaired) electrons. The summed E-state index contributed by atoms with van der Waals surface area (Å²) < 4.78 is 25.3. The number of rotatable bonds is 8. The highest BCUT2D eigenvalue weighted by Gasteiger charge is 2.16. The van der Waals surface area contributed by atoms with Gasteiger partial charge in [-0.05, 0) is 23.0 Å². The summed E-state index contributed by atoms with van der Waals surface area (Å²) in [6.45, 7) is 7.64. The van der Waals surface area contributed by atoms with Gasteiger partial charge >= 0.3 is 7.82 Å². The van der Waals surface area contributed by atoms with Gasteiger partial charge < -0.3 is 19.3 Å². The molecule has 0 bridgehead atoms. The molecule has 0 atom stereocenters. The lowest BCUT2D eigenvalue weighted by molar-refractivity contribution is -0.0629. The standard InChI is InChI=1S/C14H23O6P/c1-10(2)12-6-5-7-13(11(3)4)14(12)19-8-18-9-20-21(15,16)17/h5-7,10-11H,8-9H2,1-4H3,(H2,15,16,17). The second kappa shape index (κ2) is 7.92. The molecular formula is C14H23O6P. The highest BCUT2D eigenvalue weighted by atomic mass is 31.2. The average molecular weight is 318 g/mol. The van der Waals surface area contributed by atoms with E-state index < -0.39 is 14.6 Å². The van der Waals surface area contributed by atoms with Crippen LogP contribution in [0, 0.1) is 0 Å². The minimum Gasteiger partial charge on any atom is -0.467 e. The first-order chi connectivity index (χ1) is 9.72. The third kappa shape index (κ3) is 6.16. The van der Waals surface area contributed by atoms with Crippen LogP contribution in [0.2, 0.25) is 0 Å². The molecule has 1 aromatic rings. The summed E-state index contributed by atoms with van der Waals surface area (Å²) in [5.74, 6) is 1.36. The van der Waals surface area contributed by atoms with Crippen LogP contribution in [0.3, 0.4) is 0 Å². The molecule has 120 valence electrons. The molecule has 0 amide bonds. The summed E-state index contributed by atoms with van der Waals surface area (Å²) in [6.07, 6.45) is 0. The van der Waals surface area contributed by atoms with Crippen molar-refractivity contribution in [2.24, 2.45) is 0 Å². The average Bonchev–Trinajstić information content (AvgIpc) is 2.36. The van der Waals surface area contributed by atoms with E-state index >= 15 is 0 Å². The maximum absolute atomic E-state index is 10.5. The number of benzene rings is 1. The quantitative estimate of drug-likeness (QED) is 0.434. The van der Waals surface area contributed by atoms with Crippen LogP contribution >= 0.6 is 7.82 Å². The third-order valence-electron chi connectivity index (χ3n) is 2.91. The minimum absolute atomic E-state index is 0.135. The first-order valence-corrected chi connectivity index (χ1v) is 8.29. The summed E-state index contributed by atoms with van der Waals surface area (Å²) in [5, 5.41) is 0. The largest absolute Gasteiger partial charge is 0.471 e. The Kier molecular flexibility index (Phi) is 6.84. The van der Waals surface area contributed by atoms with Gasteiger partial charge in [0.05, 0.1) is 0 Å². The molecule has 0 aliphatic carbocycles. The van der Waals surface area contributed by atoms with Crippen molar-refractivity contribution in [3.63, 3.8) is 0 Å². The van der Waals surface area contributed by atoms with Crippen LogP contribution in [-0.2, 0) is 13.8 Å². The molecule has 2 N–H and O–H groups in total. The van der Waals surface area contributed by atoms with E-state index in [0.29, 0.717) is 11.8 Å². The van der Waals surface area contributed by atoms with Crippen molar-refractivity contribution in [1.82, 2.24) is 0 Å². The van der Waals surface area contributed by atoms with Crippen molar-refractivity contribution in [3.8, 4) is 5.75 Å². The van der Waals surface area contributed by atoms with E-state index in [2.05, 4.69) is 32.2 Å². The van der Waals surface area contributed by atoms with Crippen LogP contribution in [0.1, 0.15) is 50.7 Å². The number of phosphoric ester groups is 1. The minimum atomic E-state index is -4.51. The van der Waals surface area contributed by atoms with Gasteiger partial charge in [-0.25, -0.2) is 4.57 Å². The molecule has 0 aromatic heterocycles. The molecule has 0 heterocycles. The lowest BCUT2D eigenvalue weighted by Gasteiger charge is -2.19. The number of para-hydroxylation sites is 1. The van der Waals surface area contributed by atoms with Crippen molar-refractivity contribution in [1.29, 1.82) is 0 Å². The fraction of sp³-hybridized carbons (Fsp3) is 0.571. The Bertz CT molecular complexity index is 468. The van der Waals surface area contributed by atoms with Gasteiger partial charge in [0.15, 0.2) is 13.6 Å². The lowest BCUT2D eigenvalue weighted by Crippen LogP contribution is -2.09. The maximum Gasteiger partial charge on any atom is 0.471 e. The van der Waals surface area contributed by atoms with Crippen molar-refractivity contribution in [2.75, 3.05) is 13.6 Å². The van der Waals surface area contributed by atoms with Gasteiger partial charge in [0, 0.05) is 0 Å². The Morgan fingerprint density at radius 2 is 1.57 bits per heavy atom. The highest BCUT2D eigenvalue weighted by molar-refractivity contribution is 7.46. The van der Waals surface area contributed by atoms with Crippen LogP contribution in [0.4, 0.5) is 0 Å². The summed E-state index contributed by atoms with van der Waals surface area (Å²) in [4.78, 5) is 17.1. The van der Waals surface area contributed by atoms with Crippen molar-refractivity contribution in [3.05, 3.63) is 29.3 Å². The monoisotopic (exact) mass is 318 g/mol. The number of phosphoric acid groups is 1. The zero-order chi connectivity index (χ0) is 16.0. The molecule has 7 heteroatoms. The maximum atomic E-state index is 10.5. The molecule has 0 saturated heterocycles. The van der Waals surface area contributed by atoms with E-state index in [1.54, 1.807) is 0 Å². The highest BCUT2D eigenvalue weighted by Crippen LogP contribution is 2.36. The molecule has 6 nitrogen and oxygen atoms in total. The first-order valence-electron chi connectivity index (χ1n) is 6.75. The first kappa shape index (κ1) is 18.1. The number of ether oxygens (including phenoxy) is 2. The van der Waals surface area contributed by atoms with Gasteiger partial charge in [0.2, 0.25) is 0 Å². The Hall–Kier alpha value is -0.910. The Morgan fingerprint density at radius 3 is 2.00 bits per heavy atom. The van der Waals surface area contributed by atoms with E-state index in [1.807, 2.05) is 18.2 Å². The topological polar surface area (TPSA) is 85.2 Å². The molecule has 0 spiro atoms. The normalized spacial score (nSPS) is 12.2. The zero-order valence-electron chi connectivity index (χ0n) is 12.8. The Balaban J connectivity index is 2.70. The van der Waals surface area contributed by atoms with Crippen LogP contribution in [0.15, 0.2) is 18.2 Å². The molecule has 0 saturated carbocycles. The van der Waals surface area contributed by atoms with Gasteiger partial charge in [-0.1, -0.05) is 45.9 Å². The summed E-state index contributed by atoms with van der Waals surface area (Å²) in [7, 11) is -4.51. The van der Waals surface area contributed by atoms with Gasteiger partial charge in [0.1, 0.15) is 5.75 Å². The van der Waals surface area contributed by atoms with E-state index in [9.17, 15) is 4.57 Å². The lowest BCUT2D eigenvalue weighted by atomic mass is 9.94. The fourth-order valence-corrected chi connectivity index (χ4v) is 2.10. The number of hydrogen-bond donors (Lipinski definition) is 2. The Labute approximate surface area is 125 Å². The molecule has 0 aliphatic rings. The summed E-state index contributed by atoms with van der Waals surface area (Å²) in [6, 6.07) is 5.99. The van der Waals surface area contributed by atoms with Gasteiger partial charge in [-0.15, -0.1) is 0 Å². The van der Waals surface area contributed by atoms with Crippen LogP contribution in [-0.4, -0.2) is 23.4 Å². The van der Waals surface area contributed by atoms with E-state index in [0.717, 1.165) is 16.9 Å². The predicted octanol–water partition coefficient (Wildman–Crippen LogP) is 3.35. The smallest absolute Gasteiger partial charge is 0.467 e. The van der Waals surface area contributed by atoms with Gasteiger partial charge in [-0.2, -0.15) is 0 Å². The predicted molar refractivity (Wildman–Crippen MR) is 79.2 cm³/mol. The molecule has 1 rings (SSSR count). The molecular weight excluding hydrogens is 295 g/mol. The van der Waals surface area contributed by atoms with Crippen molar-refractivity contribution in [2.45, 2.75) is 39.5 Å². The third-order valence-corrected chi connectivity index (χ3v) is 3.35. The van der Waals surface area contributed by atoms with Crippen LogP contribution < -0.4 is 4.74 Å². The van der Waals surface area contributed by atoms with E-state index in [-0.39, 0.29) is 6.79 Å². The van der Waals surface area contributed by atoms with Gasteiger partial charge in [0.25, 0.3) is 0 Å². The molecule has 0 fully saturated rings. The molecule has 1 aromatic carbocycles. The van der Waals surface area contributed by atoms with Crippen molar-refractivity contribution < 1.29 is 28.3 Å². The number of hydrogen-bond acceptors (Lipinski definition) is 4. The molecule has 21 heavy (non-hydrogen) atoms. The van der Waals surface area contributed by atoms with Crippen molar-refractivity contribution >= 4 is 7.82 Å².